The molecule has 0 amide bonds. The Balaban J connectivity index is 2.68. The zero-order chi connectivity index (χ0) is 10.6. The van der Waals surface area contributed by atoms with E-state index in [2.05, 4.69) is 47.8 Å². The average Bonchev–Trinajstić information content (AvgIpc) is 2.09. The Bertz CT molecular complexity index is 292. The van der Waals surface area contributed by atoms with E-state index in [4.69, 9.17) is 4.74 Å². The first-order valence-corrected chi connectivity index (χ1v) is 6.79. The molecule has 1 rings (SSSR count). The molecule has 0 heterocycles. The molecule has 14 heavy (non-hydrogen) atoms. The highest BCUT2D eigenvalue weighted by atomic mass is 79.9. The van der Waals surface area contributed by atoms with E-state index in [1.54, 1.807) is 0 Å². The van der Waals surface area contributed by atoms with Gasteiger partial charge < -0.3 is 4.74 Å². The van der Waals surface area contributed by atoms with Crippen LogP contribution in [0.25, 0.3) is 0 Å². The molecule has 0 saturated heterocycles. The van der Waals surface area contributed by atoms with Gasteiger partial charge >= 0.3 is 0 Å². The van der Waals surface area contributed by atoms with Gasteiger partial charge in [0, 0.05) is 0 Å². The van der Waals surface area contributed by atoms with Crippen LogP contribution in [0.4, 0.5) is 0 Å². The SMILES string of the molecule is C/C=C/COC1=C(Br)C=C(Br)CC1Br. The molecule has 0 spiro atoms. The topological polar surface area (TPSA) is 9.23 Å². The monoisotopic (exact) mass is 384 g/mol. The first-order valence-electron chi connectivity index (χ1n) is 4.29. The van der Waals surface area contributed by atoms with Crippen LogP contribution in [0.3, 0.4) is 0 Å². The number of hydrogen-bond donors (Lipinski definition) is 0. The summed E-state index contributed by atoms with van der Waals surface area (Å²) >= 11 is 10.5. The van der Waals surface area contributed by atoms with Gasteiger partial charge in [-0.2, -0.15) is 0 Å². The highest BCUT2D eigenvalue weighted by molar-refractivity contribution is 9.12. The quantitative estimate of drug-likeness (QED) is 0.507. The summed E-state index contributed by atoms with van der Waals surface area (Å²) in [4.78, 5) is 0.251. The fraction of sp³-hybridized carbons (Fsp3) is 0.400. The van der Waals surface area contributed by atoms with Crippen molar-refractivity contribution in [2.75, 3.05) is 6.61 Å². The molecule has 0 fully saturated rings. The van der Waals surface area contributed by atoms with Crippen molar-refractivity contribution in [2.45, 2.75) is 18.2 Å². The van der Waals surface area contributed by atoms with Gasteiger partial charge in [0.2, 0.25) is 0 Å². The van der Waals surface area contributed by atoms with E-state index in [1.165, 1.54) is 4.48 Å². The molecule has 1 nitrogen and oxygen atoms in total. The lowest BCUT2D eigenvalue weighted by atomic mass is 10.1. The second-order valence-electron chi connectivity index (χ2n) is 2.86. The van der Waals surface area contributed by atoms with E-state index in [0.717, 1.165) is 16.7 Å². The van der Waals surface area contributed by atoms with Gasteiger partial charge in [-0.25, -0.2) is 0 Å². The van der Waals surface area contributed by atoms with Gasteiger partial charge in [-0.3, -0.25) is 0 Å². The third-order valence-corrected chi connectivity index (χ3v) is 3.66. The number of alkyl halides is 1. The van der Waals surface area contributed by atoms with Gasteiger partial charge in [0.25, 0.3) is 0 Å². The van der Waals surface area contributed by atoms with Gasteiger partial charge in [0.1, 0.15) is 12.4 Å². The minimum Gasteiger partial charge on any atom is -0.491 e. The van der Waals surface area contributed by atoms with Gasteiger partial charge in [-0.05, 0) is 39.8 Å². The number of halogens is 3. The normalized spacial score (nSPS) is 22.9. The van der Waals surface area contributed by atoms with Crippen molar-refractivity contribution in [3.8, 4) is 0 Å². The fourth-order valence-electron chi connectivity index (χ4n) is 1.07. The van der Waals surface area contributed by atoms with E-state index in [0.29, 0.717) is 6.61 Å². The van der Waals surface area contributed by atoms with Crippen molar-refractivity contribution in [3.05, 3.63) is 33.0 Å². The molecule has 1 unspecified atom stereocenters. The van der Waals surface area contributed by atoms with Gasteiger partial charge in [-0.1, -0.05) is 44.0 Å². The molecular weight excluding hydrogens is 376 g/mol. The third-order valence-electron chi connectivity index (χ3n) is 1.75. The minimum atomic E-state index is 0.251. The molecule has 0 aromatic carbocycles. The zero-order valence-corrected chi connectivity index (χ0v) is 12.5. The number of rotatable bonds is 3. The maximum Gasteiger partial charge on any atom is 0.125 e. The van der Waals surface area contributed by atoms with Crippen molar-refractivity contribution in [1.82, 2.24) is 0 Å². The number of hydrogen-bond acceptors (Lipinski definition) is 1. The molecule has 4 heteroatoms. The van der Waals surface area contributed by atoms with Gasteiger partial charge in [-0.15, -0.1) is 0 Å². The number of ether oxygens (including phenoxy) is 1. The molecule has 1 aliphatic carbocycles. The van der Waals surface area contributed by atoms with Crippen LogP contribution in [0.15, 0.2) is 33.0 Å². The number of allylic oxidation sites excluding steroid dienone is 5. The first-order chi connectivity index (χ1) is 6.65. The van der Waals surface area contributed by atoms with Gasteiger partial charge in [0.05, 0.1) is 9.31 Å². The van der Waals surface area contributed by atoms with E-state index in [-0.39, 0.29) is 4.83 Å². The van der Waals surface area contributed by atoms with Crippen LogP contribution < -0.4 is 0 Å². The summed E-state index contributed by atoms with van der Waals surface area (Å²) in [6.07, 6.45) is 6.93. The molecule has 0 N–H and O–H groups in total. The van der Waals surface area contributed by atoms with Crippen LogP contribution in [0.2, 0.25) is 0 Å². The predicted octanol–water partition coefficient (Wildman–Crippen LogP) is 4.63. The molecule has 0 bridgehead atoms. The minimum absolute atomic E-state index is 0.251. The van der Waals surface area contributed by atoms with E-state index >= 15 is 0 Å². The average molecular weight is 387 g/mol. The van der Waals surface area contributed by atoms with Crippen LogP contribution in [-0.2, 0) is 4.74 Å². The summed E-state index contributed by atoms with van der Waals surface area (Å²) in [6, 6.07) is 0. The summed E-state index contributed by atoms with van der Waals surface area (Å²) in [7, 11) is 0. The molecule has 0 aromatic rings. The maximum atomic E-state index is 5.63. The lowest BCUT2D eigenvalue weighted by Gasteiger charge is -2.20. The highest BCUT2D eigenvalue weighted by Gasteiger charge is 2.20. The van der Waals surface area contributed by atoms with E-state index in [9.17, 15) is 0 Å². The Morgan fingerprint density at radius 2 is 2.29 bits per heavy atom. The molecule has 0 radical (unpaired) electrons. The van der Waals surface area contributed by atoms with Crippen molar-refractivity contribution in [3.63, 3.8) is 0 Å². The van der Waals surface area contributed by atoms with E-state index in [1.807, 2.05) is 25.2 Å². The summed E-state index contributed by atoms with van der Waals surface area (Å²) in [5.41, 5.74) is 0. The standard InChI is InChI=1S/C10H11Br3O/c1-2-3-4-14-10-8(12)5-7(11)6-9(10)13/h2-3,5,9H,4,6H2,1H3/b3-2+. The molecule has 0 saturated carbocycles. The Hall–Kier alpha value is 0.460. The lowest BCUT2D eigenvalue weighted by molar-refractivity contribution is 0.238. The van der Waals surface area contributed by atoms with E-state index < -0.39 is 0 Å². The zero-order valence-electron chi connectivity index (χ0n) is 7.77. The summed E-state index contributed by atoms with van der Waals surface area (Å²) < 4.78 is 7.80. The predicted molar refractivity (Wildman–Crippen MR) is 71.1 cm³/mol. The van der Waals surface area contributed by atoms with Gasteiger partial charge in [0.15, 0.2) is 0 Å². The van der Waals surface area contributed by atoms with Crippen molar-refractivity contribution < 1.29 is 4.74 Å². The Morgan fingerprint density at radius 3 is 2.86 bits per heavy atom. The summed E-state index contributed by atoms with van der Waals surface area (Å²) in [5.74, 6) is 0.964. The third kappa shape index (κ3) is 3.55. The van der Waals surface area contributed by atoms with Crippen LogP contribution in [0.5, 0.6) is 0 Å². The molecule has 1 aliphatic rings. The van der Waals surface area contributed by atoms with Crippen LogP contribution >= 0.6 is 47.8 Å². The van der Waals surface area contributed by atoms with Crippen LogP contribution in [-0.4, -0.2) is 11.4 Å². The first kappa shape index (κ1) is 12.5. The molecular formula is C10H11Br3O. The smallest absolute Gasteiger partial charge is 0.125 e. The molecule has 0 aliphatic heterocycles. The molecule has 1 atom stereocenters. The van der Waals surface area contributed by atoms with Crippen molar-refractivity contribution in [1.29, 1.82) is 0 Å². The Labute approximate surface area is 110 Å². The Morgan fingerprint density at radius 1 is 1.57 bits per heavy atom. The lowest BCUT2D eigenvalue weighted by Crippen LogP contribution is -2.11. The summed E-state index contributed by atoms with van der Waals surface area (Å²) in [6.45, 7) is 2.60. The largest absolute Gasteiger partial charge is 0.491 e. The molecule has 0 aromatic heterocycles. The second kappa shape index (κ2) is 6.13. The highest BCUT2D eigenvalue weighted by Crippen LogP contribution is 2.35. The fourth-order valence-corrected chi connectivity index (χ4v) is 4.07. The maximum absolute atomic E-state index is 5.63. The summed E-state index contributed by atoms with van der Waals surface area (Å²) in [5, 5.41) is 0. The van der Waals surface area contributed by atoms with Crippen LogP contribution in [0.1, 0.15) is 13.3 Å². The van der Waals surface area contributed by atoms with Crippen molar-refractivity contribution in [2.24, 2.45) is 0 Å². The van der Waals surface area contributed by atoms with Crippen molar-refractivity contribution >= 4 is 47.8 Å². The van der Waals surface area contributed by atoms with Crippen LogP contribution in [0, 0.1) is 0 Å². The molecule has 78 valence electrons. The Kier molecular flexibility index (Phi) is 5.49. The second-order valence-corrected chi connectivity index (χ2v) is 5.83.